The molecule has 2 aromatic heterocycles. The Bertz CT molecular complexity index is 1050. The summed E-state index contributed by atoms with van der Waals surface area (Å²) in [6.45, 7) is -0.0782. The van der Waals surface area contributed by atoms with Crippen molar-refractivity contribution in [2.24, 2.45) is 10.1 Å². The lowest BCUT2D eigenvalue weighted by molar-refractivity contribution is -0.384. The van der Waals surface area contributed by atoms with E-state index in [9.17, 15) is 14.9 Å². The largest absolute Gasteiger partial charge is 0.486 e. The van der Waals surface area contributed by atoms with Crippen molar-refractivity contribution >= 4 is 23.6 Å². The number of hydrazone groups is 1. The maximum absolute atomic E-state index is 12.2. The molecule has 1 amide bonds. The fourth-order valence-corrected chi connectivity index (χ4v) is 2.19. The van der Waals surface area contributed by atoms with Gasteiger partial charge in [-0.2, -0.15) is 5.10 Å². The van der Waals surface area contributed by atoms with Gasteiger partial charge in [0.2, 0.25) is 0 Å². The van der Waals surface area contributed by atoms with Crippen molar-refractivity contribution in [1.82, 2.24) is 15.4 Å². The lowest BCUT2D eigenvalue weighted by Crippen LogP contribution is -2.21. The van der Waals surface area contributed by atoms with Crippen LogP contribution in [0.15, 0.2) is 83.4 Å². The quantitative estimate of drug-likeness (QED) is 0.279. The van der Waals surface area contributed by atoms with Gasteiger partial charge in [0.1, 0.15) is 12.4 Å². The molecular weight excluding hydrogens is 388 g/mol. The number of carbonyl (C=O) groups excluding carboxylic acids is 1. The Hall–Kier alpha value is -4.47. The third-order valence-corrected chi connectivity index (χ3v) is 3.69. The van der Waals surface area contributed by atoms with Gasteiger partial charge in [0, 0.05) is 54.3 Å². The smallest absolute Gasteiger partial charge is 0.271 e. The van der Waals surface area contributed by atoms with Gasteiger partial charge in [-0.05, 0) is 30.3 Å². The van der Waals surface area contributed by atoms with Crippen LogP contribution in [-0.2, 0) is 0 Å². The van der Waals surface area contributed by atoms with Crippen LogP contribution < -0.4 is 10.2 Å². The zero-order chi connectivity index (χ0) is 21.2. The second-order valence-corrected chi connectivity index (χ2v) is 5.79. The van der Waals surface area contributed by atoms with Crippen molar-refractivity contribution in [3.8, 4) is 5.75 Å². The van der Waals surface area contributed by atoms with Crippen LogP contribution in [0.2, 0.25) is 0 Å². The summed E-state index contributed by atoms with van der Waals surface area (Å²) in [6, 6.07) is 12.3. The Morgan fingerprint density at radius 2 is 1.87 bits per heavy atom. The molecule has 0 atom stereocenters. The van der Waals surface area contributed by atoms with Crippen LogP contribution in [-0.4, -0.2) is 39.5 Å². The molecule has 0 saturated heterocycles. The zero-order valence-electron chi connectivity index (χ0n) is 15.6. The number of benzene rings is 1. The van der Waals surface area contributed by atoms with E-state index < -0.39 is 10.8 Å². The number of nitro groups is 1. The number of ether oxygens (including phenoxy) is 1. The minimum absolute atomic E-state index is 0.0459. The molecule has 0 aliphatic carbocycles. The Balaban J connectivity index is 1.72. The molecule has 3 aromatic rings. The van der Waals surface area contributed by atoms with Crippen molar-refractivity contribution in [3.63, 3.8) is 0 Å². The zero-order valence-corrected chi connectivity index (χ0v) is 15.6. The van der Waals surface area contributed by atoms with Gasteiger partial charge < -0.3 is 4.74 Å². The van der Waals surface area contributed by atoms with Crippen molar-refractivity contribution in [3.05, 3.63) is 94.6 Å². The van der Waals surface area contributed by atoms with Crippen LogP contribution in [0, 0.1) is 10.1 Å². The summed E-state index contributed by atoms with van der Waals surface area (Å²) in [4.78, 5) is 34.5. The van der Waals surface area contributed by atoms with E-state index in [4.69, 9.17) is 4.74 Å². The normalized spacial score (nSPS) is 11.3. The van der Waals surface area contributed by atoms with Crippen LogP contribution in [0.4, 0.5) is 5.69 Å². The number of carbonyl (C=O) groups is 1. The van der Waals surface area contributed by atoms with E-state index in [2.05, 4.69) is 25.5 Å². The minimum atomic E-state index is -0.497. The van der Waals surface area contributed by atoms with E-state index in [0.29, 0.717) is 11.3 Å². The molecule has 1 aromatic carbocycles. The summed E-state index contributed by atoms with van der Waals surface area (Å²) < 4.78 is 5.59. The molecule has 150 valence electrons. The van der Waals surface area contributed by atoms with Crippen LogP contribution in [0.25, 0.3) is 0 Å². The number of aliphatic imine (C=N–C) groups is 1. The summed E-state index contributed by atoms with van der Waals surface area (Å²) in [5.41, 5.74) is 3.50. The van der Waals surface area contributed by atoms with E-state index >= 15 is 0 Å². The van der Waals surface area contributed by atoms with Crippen LogP contribution in [0.3, 0.4) is 0 Å². The summed E-state index contributed by atoms with van der Waals surface area (Å²) in [7, 11) is 0. The molecule has 0 spiro atoms. The summed E-state index contributed by atoms with van der Waals surface area (Å²) in [5, 5.41) is 14.8. The highest BCUT2D eigenvalue weighted by molar-refractivity contribution is 5.98. The lowest BCUT2D eigenvalue weighted by Gasteiger charge is -2.06. The molecule has 1 N–H and O–H groups in total. The van der Waals surface area contributed by atoms with Gasteiger partial charge in [0.25, 0.3) is 11.6 Å². The van der Waals surface area contributed by atoms with E-state index in [0.717, 1.165) is 5.56 Å². The van der Waals surface area contributed by atoms with Crippen LogP contribution in [0.1, 0.15) is 15.9 Å². The molecule has 0 unspecified atom stereocenters. The van der Waals surface area contributed by atoms with Gasteiger partial charge in [-0.15, -0.1) is 0 Å². The van der Waals surface area contributed by atoms with Gasteiger partial charge in [-0.3, -0.25) is 24.9 Å². The highest BCUT2D eigenvalue weighted by Gasteiger charge is 2.07. The second kappa shape index (κ2) is 10.2. The molecule has 0 saturated carbocycles. The van der Waals surface area contributed by atoms with Gasteiger partial charge in [0.15, 0.2) is 5.84 Å². The van der Waals surface area contributed by atoms with Gasteiger partial charge >= 0.3 is 0 Å². The van der Waals surface area contributed by atoms with E-state index in [1.165, 1.54) is 42.9 Å². The summed E-state index contributed by atoms with van der Waals surface area (Å²) >= 11 is 0. The first kappa shape index (κ1) is 20.3. The topological polar surface area (TPSA) is 132 Å². The van der Waals surface area contributed by atoms with Gasteiger partial charge in [-0.25, -0.2) is 10.4 Å². The molecular formula is C20H16N6O4. The standard InChI is InChI=1S/C20H16N6O4/c27-20(16-7-10-21-11-8-16)25-24-19(23-13-15-2-1-9-22-12-15)14-30-18-5-3-17(4-6-18)26(28)29/h1-13H,14H2,(H,25,27)/b23-13?,24-19+. The molecule has 0 bridgehead atoms. The summed E-state index contributed by atoms with van der Waals surface area (Å²) in [5.74, 6) is 0.145. The first-order valence-electron chi connectivity index (χ1n) is 8.70. The maximum atomic E-state index is 12.2. The Labute approximate surface area is 171 Å². The SMILES string of the molecule is O=C(N/N=C(\COc1ccc([N+](=O)[O-])cc1)N=Cc1cccnc1)c1ccncc1. The maximum Gasteiger partial charge on any atom is 0.271 e. The fraction of sp³-hybridized carbons (Fsp3) is 0.0500. The van der Waals surface area contributed by atoms with E-state index in [1.807, 2.05) is 0 Å². The number of nitrogens with one attached hydrogen (secondary N) is 1. The van der Waals surface area contributed by atoms with Gasteiger partial charge in [0.05, 0.1) is 4.92 Å². The number of aromatic nitrogens is 2. The highest BCUT2D eigenvalue weighted by atomic mass is 16.6. The number of non-ortho nitro benzene ring substituents is 1. The Morgan fingerprint density at radius 1 is 1.10 bits per heavy atom. The van der Waals surface area contributed by atoms with Crippen molar-refractivity contribution in [1.29, 1.82) is 0 Å². The number of pyridine rings is 2. The average molecular weight is 404 g/mol. The third-order valence-electron chi connectivity index (χ3n) is 3.69. The molecule has 3 rings (SSSR count). The third kappa shape index (κ3) is 6.02. The number of amides is 1. The Morgan fingerprint density at radius 3 is 2.53 bits per heavy atom. The number of hydrogen-bond acceptors (Lipinski definition) is 7. The lowest BCUT2D eigenvalue weighted by atomic mass is 10.3. The molecule has 0 aliphatic heterocycles. The first-order chi connectivity index (χ1) is 14.6. The van der Waals surface area contributed by atoms with Crippen molar-refractivity contribution < 1.29 is 14.5 Å². The monoisotopic (exact) mass is 404 g/mol. The number of nitro benzene ring substituents is 1. The molecule has 0 fully saturated rings. The summed E-state index contributed by atoms with van der Waals surface area (Å²) in [6.07, 6.45) is 7.78. The van der Waals surface area contributed by atoms with E-state index in [-0.39, 0.29) is 18.1 Å². The highest BCUT2D eigenvalue weighted by Crippen LogP contribution is 2.17. The molecule has 0 radical (unpaired) electrons. The first-order valence-corrected chi connectivity index (χ1v) is 8.70. The van der Waals surface area contributed by atoms with Crippen molar-refractivity contribution in [2.45, 2.75) is 0 Å². The molecule has 0 aliphatic rings. The Kier molecular flexibility index (Phi) is 6.88. The molecule has 10 nitrogen and oxygen atoms in total. The minimum Gasteiger partial charge on any atom is -0.486 e. The fourth-order valence-electron chi connectivity index (χ4n) is 2.19. The second-order valence-electron chi connectivity index (χ2n) is 5.79. The van der Waals surface area contributed by atoms with Crippen LogP contribution >= 0.6 is 0 Å². The number of rotatable bonds is 7. The van der Waals surface area contributed by atoms with E-state index in [1.54, 1.807) is 36.7 Å². The predicted molar refractivity (Wildman–Crippen MR) is 110 cm³/mol. The number of hydrogen-bond donors (Lipinski definition) is 1. The van der Waals surface area contributed by atoms with Crippen molar-refractivity contribution in [2.75, 3.05) is 6.61 Å². The van der Waals surface area contributed by atoms with Gasteiger partial charge in [-0.1, -0.05) is 6.07 Å². The molecule has 2 heterocycles. The number of amidine groups is 1. The molecule has 10 heteroatoms. The predicted octanol–water partition coefficient (Wildman–Crippen LogP) is 2.63. The number of nitrogens with zero attached hydrogens (tertiary/aromatic N) is 5. The average Bonchev–Trinajstić information content (AvgIpc) is 2.80. The van der Waals surface area contributed by atoms with Crippen LogP contribution in [0.5, 0.6) is 5.75 Å². The molecule has 30 heavy (non-hydrogen) atoms.